The van der Waals surface area contributed by atoms with E-state index in [2.05, 4.69) is 5.32 Å². The molecule has 5 amide bonds. The zero-order valence-electron chi connectivity index (χ0n) is 16.5. The minimum absolute atomic E-state index is 0.162. The molecule has 1 aliphatic rings. The highest BCUT2D eigenvalue weighted by molar-refractivity contribution is 6.45. The van der Waals surface area contributed by atoms with Gasteiger partial charge in [0.2, 0.25) is 5.91 Å². The van der Waals surface area contributed by atoms with Crippen molar-refractivity contribution < 1.29 is 19.2 Å². The highest BCUT2D eigenvalue weighted by atomic mass is 16.2. The van der Waals surface area contributed by atoms with Crippen molar-refractivity contribution in [1.82, 2.24) is 9.80 Å². The van der Waals surface area contributed by atoms with Crippen LogP contribution < -0.4 is 5.32 Å². The monoisotopic (exact) mass is 373 g/mol. The van der Waals surface area contributed by atoms with Crippen LogP contribution in [-0.4, -0.2) is 46.6 Å². The molecule has 0 spiro atoms. The minimum Gasteiger partial charge on any atom is -0.324 e. The summed E-state index contributed by atoms with van der Waals surface area (Å²) in [5.74, 6) is -1.95. The predicted molar refractivity (Wildman–Crippen MR) is 102 cm³/mol. The summed E-state index contributed by atoms with van der Waals surface area (Å²) in [6.45, 7) is 9.61. The fourth-order valence-corrected chi connectivity index (χ4v) is 3.13. The average molecular weight is 373 g/mol. The number of hydrogen-bond acceptors (Lipinski definition) is 4. The van der Waals surface area contributed by atoms with Crippen molar-refractivity contribution in [2.45, 2.75) is 52.9 Å². The van der Waals surface area contributed by atoms with Gasteiger partial charge in [0.05, 0.1) is 0 Å². The Morgan fingerprint density at radius 1 is 0.963 bits per heavy atom. The molecule has 7 heteroatoms. The van der Waals surface area contributed by atoms with Crippen molar-refractivity contribution in [2.24, 2.45) is 0 Å². The van der Waals surface area contributed by atoms with Gasteiger partial charge in [-0.05, 0) is 29.4 Å². The van der Waals surface area contributed by atoms with Gasteiger partial charge in [0.1, 0.15) is 6.54 Å². The van der Waals surface area contributed by atoms with Gasteiger partial charge in [0.15, 0.2) is 0 Å². The maximum Gasteiger partial charge on any atom is 0.334 e. The molecule has 0 radical (unpaired) electrons. The molecule has 0 aliphatic carbocycles. The summed E-state index contributed by atoms with van der Waals surface area (Å²) in [5, 5.41) is 2.86. The Morgan fingerprint density at radius 3 is 1.96 bits per heavy atom. The lowest BCUT2D eigenvalue weighted by molar-refractivity contribution is -0.143. The first-order valence-electron chi connectivity index (χ1n) is 9.28. The third-order valence-corrected chi connectivity index (χ3v) is 4.52. The molecule has 0 bridgehead atoms. The van der Waals surface area contributed by atoms with Gasteiger partial charge in [0, 0.05) is 12.2 Å². The van der Waals surface area contributed by atoms with E-state index in [0.717, 1.165) is 16.0 Å². The summed E-state index contributed by atoms with van der Waals surface area (Å²) < 4.78 is 0. The molecule has 0 saturated carbocycles. The maximum absolute atomic E-state index is 12.6. The molecular formula is C20H27N3O4. The van der Waals surface area contributed by atoms with E-state index in [1.165, 1.54) is 0 Å². The van der Waals surface area contributed by atoms with Crippen molar-refractivity contribution in [1.29, 1.82) is 0 Å². The summed E-state index contributed by atoms with van der Waals surface area (Å²) >= 11 is 0. The number of rotatable bonds is 7. The smallest absolute Gasteiger partial charge is 0.324 e. The predicted octanol–water partition coefficient (Wildman–Crippen LogP) is 3.07. The minimum atomic E-state index is -0.954. The summed E-state index contributed by atoms with van der Waals surface area (Å²) in [6, 6.07) is 5.12. The molecule has 1 aromatic rings. The molecule has 1 heterocycles. The standard InChI is InChI=1S/C20H27N3O4/c1-6-10-22-18(25)19(26)23(20(22)27)11-16(24)21-17-14(12(2)3)8-7-9-15(17)13(4)5/h7-9,12-13H,6,10-11H2,1-5H3,(H,21,24). The van der Waals surface area contributed by atoms with Crippen LogP contribution >= 0.6 is 0 Å². The second-order valence-corrected chi connectivity index (χ2v) is 7.30. The number of urea groups is 1. The van der Waals surface area contributed by atoms with Crippen molar-refractivity contribution >= 4 is 29.4 Å². The number of para-hydroxylation sites is 1. The van der Waals surface area contributed by atoms with E-state index < -0.39 is 30.3 Å². The Labute approximate surface area is 159 Å². The number of carbonyl (C=O) groups excluding carboxylic acids is 4. The van der Waals surface area contributed by atoms with Crippen LogP contribution in [0.2, 0.25) is 0 Å². The number of anilines is 1. The fraction of sp³-hybridized carbons (Fsp3) is 0.500. The maximum atomic E-state index is 12.6. The third-order valence-electron chi connectivity index (χ3n) is 4.52. The largest absolute Gasteiger partial charge is 0.334 e. The van der Waals surface area contributed by atoms with Crippen LogP contribution in [0.15, 0.2) is 18.2 Å². The average Bonchev–Trinajstić information content (AvgIpc) is 2.79. The number of nitrogens with one attached hydrogen (secondary N) is 1. The van der Waals surface area contributed by atoms with Crippen LogP contribution in [0.3, 0.4) is 0 Å². The van der Waals surface area contributed by atoms with Crippen molar-refractivity contribution in [2.75, 3.05) is 18.4 Å². The molecule has 0 atom stereocenters. The molecule has 0 unspecified atom stereocenters. The lowest BCUT2D eigenvalue weighted by atomic mass is 9.92. The fourth-order valence-electron chi connectivity index (χ4n) is 3.13. The van der Waals surface area contributed by atoms with E-state index in [-0.39, 0.29) is 18.4 Å². The van der Waals surface area contributed by atoms with Crippen molar-refractivity contribution in [3.05, 3.63) is 29.3 Å². The number of hydrogen-bond donors (Lipinski definition) is 1. The second kappa shape index (κ2) is 8.33. The summed E-state index contributed by atoms with van der Waals surface area (Å²) in [4.78, 5) is 50.5. The van der Waals surface area contributed by atoms with Crippen LogP contribution in [0.5, 0.6) is 0 Å². The number of carbonyl (C=O) groups is 4. The lowest BCUT2D eigenvalue weighted by Crippen LogP contribution is -2.39. The molecule has 27 heavy (non-hydrogen) atoms. The van der Waals surface area contributed by atoms with E-state index in [1.54, 1.807) is 6.92 Å². The first-order valence-corrected chi connectivity index (χ1v) is 9.28. The van der Waals surface area contributed by atoms with Gasteiger partial charge in [-0.25, -0.2) is 9.69 Å². The summed E-state index contributed by atoms with van der Waals surface area (Å²) in [7, 11) is 0. The molecule has 1 aromatic carbocycles. The summed E-state index contributed by atoms with van der Waals surface area (Å²) in [5.41, 5.74) is 2.68. The Hall–Kier alpha value is -2.70. The SMILES string of the molecule is CCCN1C(=O)C(=O)N(CC(=O)Nc2c(C(C)C)cccc2C(C)C)C1=O. The lowest BCUT2D eigenvalue weighted by Gasteiger charge is -2.21. The van der Waals surface area contributed by atoms with Gasteiger partial charge in [-0.3, -0.25) is 19.3 Å². The van der Waals surface area contributed by atoms with Crippen molar-refractivity contribution in [3.8, 4) is 0 Å². The van der Waals surface area contributed by atoms with Gasteiger partial charge in [-0.15, -0.1) is 0 Å². The van der Waals surface area contributed by atoms with Gasteiger partial charge < -0.3 is 5.32 Å². The van der Waals surface area contributed by atoms with Crippen LogP contribution in [-0.2, 0) is 14.4 Å². The number of nitrogens with zero attached hydrogens (tertiary/aromatic N) is 2. The Kier molecular flexibility index (Phi) is 6.36. The molecule has 0 aromatic heterocycles. The third kappa shape index (κ3) is 4.18. The van der Waals surface area contributed by atoms with Gasteiger partial charge in [-0.2, -0.15) is 0 Å². The van der Waals surface area contributed by atoms with E-state index in [0.29, 0.717) is 17.0 Å². The highest BCUT2D eigenvalue weighted by Gasteiger charge is 2.44. The molecule has 2 rings (SSSR count). The summed E-state index contributed by atoms with van der Waals surface area (Å²) in [6.07, 6.45) is 0.546. The zero-order valence-corrected chi connectivity index (χ0v) is 16.5. The Morgan fingerprint density at radius 2 is 1.48 bits per heavy atom. The molecule has 1 N–H and O–H groups in total. The van der Waals surface area contributed by atoms with Crippen molar-refractivity contribution in [3.63, 3.8) is 0 Å². The van der Waals surface area contributed by atoms with Crippen LogP contribution in [0, 0.1) is 0 Å². The zero-order chi connectivity index (χ0) is 20.3. The Balaban J connectivity index is 2.23. The topological polar surface area (TPSA) is 86.8 Å². The van der Waals surface area contributed by atoms with Gasteiger partial charge >= 0.3 is 17.8 Å². The number of benzene rings is 1. The molecule has 146 valence electrons. The van der Waals surface area contributed by atoms with Gasteiger partial charge in [0.25, 0.3) is 0 Å². The normalized spacial score (nSPS) is 14.7. The molecule has 1 aliphatic heterocycles. The first-order chi connectivity index (χ1) is 12.7. The number of imide groups is 2. The van der Waals surface area contributed by atoms with Crippen LogP contribution in [0.1, 0.15) is 64.0 Å². The molecule has 7 nitrogen and oxygen atoms in total. The van der Waals surface area contributed by atoms with Gasteiger partial charge in [-0.1, -0.05) is 52.8 Å². The second-order valence-electron chi connectivity index (χ2n) is 7.30. The molecule has 1 fully saturated rings. The van der Waals surface area contributed by atoms with E-state index >= 15 is 0 Å². The molecular weight excluding hydrogens is 346 g/mol. The quantitative estimate of drug-likeness (QED) is 0.588. The first kappa shape index (κ1) is 20.6. The van der Waals surface area contributed by atoms with E-state index in [9.17, 15) is 19.2 Å². The van der Waals surface area contributed by atoms with E-state index in [4.69, 9.17) is 0 Å². The van der Waals surface area contributed by atoms with Crippen LogP contribution in [0.25, 0.3) is 0 Å². The van der Waals surface area contributed by atoms with E-state index in [1.807, 2.05) is 45.9 Å². The van der Waals surface area contributed by atoms with Crippen LogP contribution in [0.4, 0.5) is 10.5 Å². The highest BCUT2D eigenvalue weighted by Crippen LogP contribution is 2.32. The Bertz CT molecular complexity index is 744. The number of amides is 5. The molecule has 1 saturated heterocycles.